The Hall–Kier alpha value is -1.35. The second kappa shape index (κ2) is 5.11. The van der Waals surface area contributed by atoms with Gasteiger partial charge in [-0.25, -0.2) is 0 Å². The first kappa shape index (κ1) is 13.1. The summed E-state index contributed by atoms with van der Waals surface area (Å²) in [5.74, 6) is 0.774. The molecular formula is C15H22N2O. The molecule has 0 saturated heterocycles. The molecule has 3 nitrogen and oxygen atoms in total. The fraction of sp³-hybridized carbons (Fsp3) is 0.533. The molecule has 1 aliphatic carbocycles. The lowest BCUT2D eigenvalue weighted by Gasteiger charge is -2.11. The van der Waals surface area contributed by atoms with Crippen molar-refractivity contribution in [3.63, 3.8) is 0 Å². The maximum Gasteiger partial charge on any atom is 0.221 e. The first-order chi connectivity index (χ1) is 8.49. The van der Waals surface area contributed by atoms with Gasteiger partial charge < -0.3 is 10.6 Å². The van der Waals surface area contributed by atoms with Gasteiger partial charge in [0.1, 0.15) is 0 Å². The lowest BCUT2D eigenvalue weighted by molar-refractivity contribution is -0.114. The second-order valence-corrected chi connectivity index (χ2v) is 5.86. The fourth-order valence-electron chi connectivity index (χ4n) is 2.29. The van der Waals surface area contributed by atoms with Crippen molar-refractivity contribution in [1.29, 1.82) is 0 Å². The number of amides is 1. The van der Waals surface area contributed by atoms with Gasteiger partial charge in [-0.2, -0.15) is 0 Å². The zero-order chi connectivity index (χ0) is 13.2. The number of nitrogens with one attached hydrogen (secondary N) is 2. The van der Waals surface area contributed by atoms with Gasteiger partial charge in [0.05, 0.1) is 0 Å². The van der Waals surface area contributed by atoms with E-state index in [9.17, 15) is 4.79 Å². The highest BCUT2D eigenvalue weighted by Gasteiger charge is 2.44. The number of carbonyl (C=O) groups is 1. The summed E-state index contributed by atoms with van der Waals surface area (Å²) >= 11 is 0. The Kier molecular flexibility index (Phi) is 3.71. The van der Waals surface area contributed by atoms with Gasteiger partial charge in [-0.05, 0) is 35.9 Å². The summed E-state index contributed by atoms with van der Waals surface area (Å²) in [7, 11) is 0. The van der Waals surface area contributed by atoms with E-state index in [2.05, 4.69) is 30.5 Å². The van der Waals surface area contributed by atoms with E-state index >= 15 is 0 Å². The number of anilines is 1. The minimum atomic E-state index is -0.0224. The van der Waals surface area contributed by atoms with E-state index in [1.165, 1.54) is 13.3 Å². The summed E-state index contributed by atoms with van der Waals surface area (Å²) in [5.41, 5.74) is 2.57. The Bertz CT molecular complexity index is 440. The van der Waals surface area contributed by atoms with E-state index in [0.717, 1.165) is 30.3 Å². The number of rotatable bonds is 5. The highest BCUT2D eigenvalue weighted by Crippen LogP contribution is 2.50. The number of hydrogen-bond donors (Lipinski definition) is 2. The number of hydrogen-bond acceptors (Lipinski definition) is 2. The van der Waals surface area contributed by atoms with E-state index in [1.54, 1.807) is 0 Å². The van der Waals surface area contributed by atoms with Gasteiger partial charge in [-0.1, -0.05) is 32.0 Å². The van der Waals surface area contributed by atoms with Gasteiger partial charge in [-0.3, -0.25) is 4.79 Å². The van der Waals surface area contributed by atoms with Crippen LogP contribution in [0.4, 0.5) is 5.69 Å². The van der Waals surface area contributed by atoms with Crippen molar-refractivity contribution in [2.75, 3.05) is 11.9 Å². The van der Waals surface area contributed by atoms with Crippen LogP contribution in [0.15, 0.2) is 24.3 Å². The molecule has 1 unspecified atom stereocenters. The maximum atomic E-state index is 11.1. The molecule has 98 valence electrons. The molecule has 3 heteroatoms. The Labute approximate surface area is 109 Å². The van der Waals surface area contributed by atoms with Gasteiger partial charge in [-0.15, -0.1) is 0 Å². The molecule has 1 amide bonds. The standard InChI is InChI=1S/C15H22N2O/c1-11(18)17-14-7-5-4-6-12(14)9-16-10-13-8-15(13,2)3/h4-7,13,16H,8-10H2,1-3H3,(H,17,18). The SMILES string of the molecule is CC(=O)Nc1ccccc1CNCC1CC1(C)C. The minimum Gasteiger partial charge on any atom is -0.326 e. The maximum absolute atomic E-state index is 11.1. The third kappa shape index (κ3) is 3.33. The van der Waals surface area contributed by atoms with E-state index < -0.39 is 0 Å². The van der Waals surface area contributed by atoms with Crippen LogP contribution in [0.3, 0.4) is 0 Å². The van der Waals surface area contributed by atoms with Gasteiger partial charge in [0, 0.05) is 19.2 Å². The predicted molar refractivity (Wildman–Crippen MR) is 74.3 cm³/mol. The average Bonchev–Trinajstić information content (AvgIpc) is 2.88. The fourth-order valence-corrected chi connectivity index (χ4v) is 2.29. The molecule has 1 aromatic carbocycles. The van der Waals surface area contributed by atoms with Crippen LogP contribution in [0.1, 0.15) is 32.8 Å². The van der Waals surface area contributed by atoms with Crippen LogP contribution in [0.5, 0.6) is 0 Å². The molecule has 1 atom stereocenters. The van der Waals surface area contributed by atoms with E-state index in [-0.39, 0.29) is 5.91 Å². The summed E-state index contributed by atoms with van der Waals surface area (Å²) < 4.78 is 0. The van der Waals surface area contributed by atoms with Gasteiger partial charge in [0.25, 0.3) is 0 Å². The molecule has 0 bridgehead atoms. The molecule has 18 heavy (non-hydrogen) atoms. The van der Waals surface area contributed by atoms with Crippen LogP contribution in [0, 0.1) is 11.3 Å². The molecule has 1 aromatic rings. The topological polar surface area (TPSA) is 41.1 Å². The largest absolute Gasteiger partial charge is 0.326 e. The smallest absolute Gasteiger partial charge is 0.221 e. The highest BCUT2D eigenvalue weighted by atomic mass is 16.1. The monoisotopic (exact) mass is 246 g/mol. The van der Waals surface area contributed by atoms with E-state index in [0.29, 0.717) is 5.41 Å². The highest BCUT2D eigenvalue weighted by molar-refractivity contribution is 5.89. The molecule has 1 aliphatic rings. The van der Waals surface area contributed by atoms with Crippen LogP contribution in [-0.4, -0.2) is 12.5 Å². The van der Waals surface area contributed by atoms with Crippen molar-refractivity contribution >= 4 is 11.6 Å². The zero-order valence-electron chi connectivity index (χ0n) is 11.4. The lowest BCUT2D eigenvalue weighted by atomic mass is 10.1. The number of carbonyl (C=O) groups excluding carboxylic acids is 1. The number of benzene rings is 1. The van der Waals surface area contributed by atoms with Crippen LogP contribution in [0.2, 0.25) is 0 Å². The number of para-hydroxylation sites is 1. The molecule has 0 aromatic heterocycles. The van der Waals surface area contributed by atoms with Crippen molar-refractivity contribution in [3.8, 4) is 0 Å². The Balaban J connectivity index is 1.87. The minimum absolute atomic E-state index is 0.0224. The molecule has 1 fully saturated rings. The quantitative estimate of drug-likeness (QED) is 0.838. The third-order valence-corrected chi connectivity index (χ3v) is 3.75. The molecular weight excluding hydrogens is 224 g/mol. The predicted octanol–water partition coefficient (Wildman–Crippen LogP) is 2.78. The van der Waals surface area contributed by atoms with E-state index in [1.807, 2.05) is 18.2 Å². The normalized spacial score (nSPS) is 20.5. The van der Waals surface area contributed by atoms with Crippen LogP contribution >= 0.6 is 0 Å². The van der Waals surface area contributed by atoms with Crippen LogP contribution in [0.25, 0.3) is 0 Å². The molecule has 0 spiro atoms. The summed E-state index contributed by atoms with van der Waals surface area (Å²) in [6.45, 7) is 8.02. The van der Waals surface area contributed by atoms with Crippen molar-refractivity contribution in [2.45, 2.75) is 33.7 Å². The molecule has 2 N–H and O–H groups in total. The van der Waals surface area contributed by atoms with Gasteiger partial charge in [0.15, 0.2) is 0 Å². The average molecular weight is 246 g/mol. The molecule has 0 heterocycles. The zero-order valence-corrected chi connectivity index (χ0v) is 11.4. The van der Waals surface area contributed by atoms with Crippen molar-refractivity contribution in [3.05, 3.63) is 29.8 Å². The van der Waals surface area contributed by atoms with Crippen molar-refractivity contribution in [1.82, 2.24) is 5.32 Å². The van der Waals surface area contributed by atoms with Crippen molar-refractivity contribution < 1.29 is 4.79 Å². The molecule has 2 rings (SSSR count). The van der Waals surface area contributed by atoms with Crippen LogP contribution in [-0.2, 0) is 11.3 Å². The van der Waals surface area contributed by atoms with Crippen molar-refractivity contribution in [2.24, 2.45) is 11.3 Å². The third-order valence-electron chi connectivity index (χ3n) is 3.75. The van der Waals surface area contributed by atoms with Gasteiger partial charge >= 0.3 is 0 Å². The Morgan fingerprint density at radius 3 is 2.67 bits per heavy atom. The summed E-state index contributed by atoms with van der Waals surface area (Å²) in [4.78, 5) is 11.1. The Morgan fingerprint density at radius 2 is 2.06 bits per heavy atom. The summed E-state index contributed by atoms with van der Waals surface area (Å²) in [6.07, 6.45) is 1.31. The Morgan fingerprint density at radius 1 is 1.39 bits per heavy atom. The molecule has 0 aliphatic heterocycles. The first-order valence-electron chi connectivity index (χ1n) is 6.55. The lowest BCUT2D eigenvalue weighted by Crippen LogP contribution is -2.19. The first-order valence-corrected chi connectivity index (χ1v) is 6.55. The van der Waals surface area contributed by atoms with Gasteiger partial charge in [0.2, 0.25) is 5.91 Å². The van der Waals surface area contributed by atoms with Crippen LogP contribution < -0.4 is 10.6 Å². The summed E-state index contributed by atoms with van der Waals surface area (Å²) in [5, 5.41) is 6.35. The summed E-state index contributed by atoms with van der Waals surface area (Å²) in [6, 6.07) is 7.94. The van der Waals surface area contributed by atoms with E-state index in [4.69, 9.17) is 0 Å². The molecule has 0 radical (unpaired) electrons. The molecule has 1 saturated carbocycles. The second-order valence-electron chi connectivity index (χ2n) is 5.86.